The van der Waals surface area contributed by atoms with Gasteiger partial charge in [0.1, 0.15) is 12.4 Å². The first kappa shape index (κ1) is 25.7. The Labute approximate surface area is 208 Å². The van der Waals surface area contributed by atoms with Crippen LogP contribution in [0.3, 0.4) is 0 Å². The van der Waals surface area contributed by atoms with Crippen molar-refractivity contribution < 1.29 is 9.53 Å². The number of rotatable bonds is 10. The molecule has 0 spiro atoms. The summed E-state index contributed by atoms with van der Waals surface area (Å²) in [4.78, 5) is 18.4. The second-order valence-electron chi connectivity index (χ2n) is 7.49. The van der Waals surface area contributed by atoms with Crippen LogP contribution < -0.4 is 15.4 Å². The molecule has 0 bridgehead atoms. The van der Waals surface area contributed by atoms with Crippen LogP contribution in [0, 0.1) is 0 Å². The number of aliphatic imine (C=N–C) groups is 1. The molecule has 7 heteroatoms. The van der Waals surface area contributed by atoms with E-state index in [9.17, 15) is 4.79 Å². The summed E-state index contributed by atoms with van der Waals surface area (Å²) in [5.74, 6) is 1.86. The molecule has 0 radical (unpaired) electrons. The molecule has 32 heavy (non-hydrogen) atoms. The van der Waals surface area contributed by atoms with Gasteiger partial charge in [0.2, 0.25) is 5.91 Å². The van der Waals surface area contributed by atoms with Crippen molar-refractivity contribution in [3.63, 3.8) is 0 Å². The minimum absolute atomic E-state index is 0. The minimum atomic E-state index is 0. The van der Waals surface area contributed by atoms with Gasteiger partial charge in [0, 0.05) is 38.2 Å². The van der Waals surface area contributed by atoms with Gasteiger partial charge in [-0.25, -0.2) is 4.99 Å². The topological polar surface area (TPSA) is 66.0 Å². The first-order chi connectivity index (χ1) is 15.2. The first-order valence-electron chi connectivity index (χ1n) is 10.9. The maximum absolute atomic E-state index is 11.8. The Morgan fingerprint density at radius 1 is 1.16 bits per heavy atom. The highest BCUT2D eigenvalue weighted by Crippen LogP contribution is 2.18. The lowest BCUT2D eigenvalue weighted by Crippen LogP contribution is -2.36. The van der Waals surface area contributed by atoms with Gasteiger partial charge in [-0.15, -0.1) is 24.0 Å². The quantitative estimate of drug-likeness (QED) is 0.202. The number of guanidine groups is 1. The summed E-state index contributed by atoms with van der Waals surface area (Å²) >= 11 is 0. The van der Waals surface area contributed by atoms with Crippen molar-refractivity contribution >= 4 is 35.8 Å². The lowest BCUT2D eigenvalue weighted by molar-refractivity contribution is -0.128. The molecule has 1 aliphatic rings. The molecule has 0 unspecified atom stereocenters. The van der Waals surface area contributed by atoms with E-state index >= 15 is 0 Å². The van der Waals surface area contributed by atoms with E-state index < -0.39 is 0 Å². The van der Waals surface area contributed by atoms with Crippen LogP contribution in [-0.2, 0) is 24.4 Å². The standard InChI is InChI=1S/C25H32N4O2.HI/c1-3-16-31-23-9-6-5-8-22(23)18-28-25(26-4-2)27-17-20-11-13-21(14-12-20)19-29-15-7-10-24(29)30;/h3,5-6,8-9,11-14H,1,4,7,10,15-19H2,2H3,(H2,26,27,28);1H. The Kier molecular flexibility index (Phi) is 11.1. The molecule has 1 aliphatic heterocycles. The van der Waals surface area contributed by atoms with Crippen molar-refractivity contribution in [1.29, 1.82) is 0 Å². The Balaban J connectivity index is 0.00000363. The predicted octanol–water partition coefficient (Wildman–Crippen LogP) is 4.25. The molecule has 2 aromatic rings. The second kappa shape index (κ2) is 13.8. The normalized spacial score (nSPS) is 13.5. The van der Waals surface area contributed by atoms with Gasteiger partial charge in [-0.2, -0.15) is 0 Å². The molecule has 2 N–H and O–H groups in total. The zero-order chi connectivity index (χ0) is 21.9. The fourth-order valence-electron chi connectivity index (χ4n) is 3.47. The van der Waals surface area contributed by atoms with Crippen LogP contribution in [0.2, 0.25) is 0 Å². The summed E-state index contributed by atoms with van der Waals surface area (Å²) in [5.41, 5.74) is 3.35. The Hall–Kier alpha value is -2.55. The summed E-state index contributed by atoms with van der Waals surface area (Å²) in [6, 6.07) is 16.3. The number of amides is 1. The van der Waals surface area contributed by atoms with Crippen molar-refractivity contribution in [2.24, 2.45) is 4.99 Å². The summed E-state index contributed by atoms with van der Waals surface area (Å²) in [6.45, 7) is 9.76. The third-order valence-electron chi connectivity index (χ3n) is 5.11. The average Bonchev–Trinajstić information content (AvgIpc) is 3.20. The molecular weight excluding hydrogens is 515 g/mol. The summed E-state index contributed by atoms with van der Waals surface area (Å²) < 4.78 is 5.73. The molecule has 1 heterocycles. The molecule has 0 atom stereocenters. The van der Waals surface area contributed by atoms with Crippen molar-refractivity contribution in [3.05, 3.63) is 77.9 Å². The van der Waals surface area contributed by atoms with Gasteiger partial charge in [0.25, 0.3) is 0 Å². The minimum Gasteiger partial charge on any atom is -0.489 e. The maximum Gasteiger partial charge on any atom is 0.222 e. The van der Waals surface area contributed by atoms with E-state index in [0.717, 1.165) is 47.9 Å². The second-order valence-corrected chi connectivity index (χ2v) is 7.49. The van der Waals surface area contributed by atoms with E-state index in [1.54, 1.807) is 6.08 Å². The van der Waals surface area contributed by atoms with Crippen molar-refractivity contribution in [3.8, 4) is 5.75 Å². The summed E-state index contributed by atoms with van der Waals surface area (Å²) in [7, 11) is 0. The molecule has 0 aromatic heterocycles. The number of benzene rings is 2. The molecule has 2 aromatic carbocycles. The monoisotopic (exact) mass is 548 g/mol. The first-order valence-corrected chi connectivity index (χ1v) is 10.9. The molecule has 0 saturated carbocycles. The lowest BCUT2D eigenvalue weighted by Gasteiger charge is -2.16. The maximum atomic E-state index is 11.8. The number of ether oxygens (including phenoxy) is 1. The average molecular weight is 548 g/mol. The van der Waals surface area contributed by atoms with Crippen LogP contribution in [0.25, 0.3) is 0 Å². The zero-order valence-corrected chi connectivity index (χ0v) is 21.0. The predicted molar refractivity (Wildman–Crippen MR) is 140 cm³/mol. The van der Waals surface area contributed by atoms with Gasteiger partial charge in [-0.1, -0.05) is 55.1 Å². The lowest BCUT2D eigenvalue weighted by atomic mass is 10.1. The van der Waals surface area contributed by atoms with Crippen LogP contribution in [0.4, 0.5) is 0 Å². The SMILES string of the molecule is C=CCOc1ccccc1CNC(=NCc1ccc(CN2CCCC2=O)cc1)NCC.I. The zero-order valence-electron chi connectivity index (χ0n) is 18.7. The third kappa shape index (κ3) is 7.85. The number of likely N-dealkylation sites (tertiary alicyclic amines) is 1. The summed E-state index contributed by atoms with van der Waals surface area (Å²) in [6.07, 6.45) is 3.39. The molecule has 1 saturated heterocycles. The molecule has 0 aliphatic carbocycles. The van der Waals surface area contributed by atoms with Gasteiger partial charge < -0.3 is 20.3 Å². The van der Waals surface area contributed by atoms with Gasteiger partial charge in [-0.05, 0) is 30.5 Å². The Morgan fingerprint density at radius 2 is 1.91 bits per heavy atom. The van der Waals surface area contributed by atoms with Gasteiger partial charge in [0.05, 0.1) is 6.54 Å². The van der Waals surface area contributed by atoms with E-state index in [1.807, 2.05) is 36.1 Å². The number of carbonyl (C=O) groups is 1. The van der Waals surface area contributed by atoms with Crippen LogP contribution in [-0.4, -0.2) is 36.5 Å². The smallest absolute Gasteiger partial charge is 0.222 e. The number of carbonyl (C=O) groups excluding carboxylic acids is 1. The number of hydrogen-bond acceptors (Lipinski definition) is 3. The van der Waals surface area contributed by atoms with Crippen molar-refractivity contribution in [1.82, 2.24) is 15.5 Å². The number of hydrogen-bond donors (Lipinski definition) is 2. The van der Waals surface area contributed by atoms with Crippen LogP contribution in [0.15, 0.2) is 66.2 Å². The van der Waals surface area contributed by atoms with E-state index in [4.69, 9.17) is 9.73 Å². The van der Waals surface area contributed by atoms with E-state index in [2.05, 4.69) is 41.5 Å². The fourth-order valence-corrected chi connectivity index (χ4v) is 3.47. The summed E-state index contributed by atoms with van der Waals surface area (Å²) in [5, 5.41) is 6.67. The Morgan fingerprint density at radius 3 is 2.59 bits per heavy atom. The molecule has 3 rings (SSSR count). The van der Waals surface area contributed by atoms with E-state index in [1.165, 1.54) is 0 Å². The van der Waals surface area contributed by atoms with Gasteiger partial charge in [-0.3, -0.25) is 4.79 Å². The van der Waals surface area contributed by atoms with E-state index in [-0.39, 0.29) is 29.9 Å². The van der Waals surface area contributed by atoms with Crippen LogP contribution in [0.1, 0.15) is 36.5 Å². The molecule has 1 amide bonds. The number of para-hydroxylation sites is 1. The largest absolute Gasteiger partial charge is 0.489 e. The van der Waals surface area contributed by atoms with Crippen molar-refractivity contribution in [2.45, 2.75) is 39.4 Å². The van der Waals surface area contributed by atoms with Crippen LogP contribution >= 0.6 is 24.0 Å². The molecular formula is C25H33IN4O2. The highest BCUT2D eigenvalue weighted by atomic mass is 127. The van der Waals surface area contributed by atoms with Crippen LogP contribution in [0.5, 0.6) is 5.75 Å². The molecule has 6 nitrogen and oxygen atoms in total. The number of nitrogens with one attached hydrogen (secondary N) is 2. The highest BCUT2D eigenvalue weighted by Gasteiger charge is 2.19. The van der Waals surface area contributed by atoms with Crippen molar-refractivity contribution in [2.75, 3.05) is 19.7 Å². The van der Waals surface area contributed by atoms with Gasteiger partial charge in [0.15, 0.2) is 5.96 Å². The molecule has 172 valence electrons. The van der Waals surface area contributed by atoms with E-state index in [0.29, 0.717) is 32.7 Å². The number of nitrogens with zero attached hydrogens (tertiary/aromatic N) is 2. The fraction of sp³-hybridized carbons (Fsp3) is 0.360. The van der Waals surface area contributed by atoms with Gasteiger partial charge >= 0.3 is 0 Å². The third-order valence-corrected chi connectivity index (χ3v) is 5.11. The molecule has 1 fully saturated rings. The Bertz CT molecular complexity index is 899. The number of halogens is 1. The highest BCUT2D eigenvalue weighted by molar-refractivity contribution is 14.0.